The number of hydrazine groups is 1. The number of nitrogen functional groups attached to an aromatic ring is 1. The highest BCUT2D eigenvalue weighted by Crippen LogP contribution is 2.27. The second kappa shape index (κ2) is 5.20. The predicted octanol–water partition coefficient (Wildman–Crippen LogP) is 1.36. The van der Waals surface area contributed by atoms with Crippen molar-refractivity contribution in [2.75, 3.05) is 5.73 Å². The van der Waals surface area contributed by atoms with E-state index in [0.29, 0.717) is 12.2 Å². The molecule has 2 aromatic heterocycles. The number of aryl methyl sites for hydroxylation is 1. The van der Waals surface area contributed by atoms with Gasteiger partial charge in [-0.15, -0.1) is 11.3 Å². The second-order valence-electron chi connectivity index (χ2n) is 4.61. The van der Waals surface area contributed by atoms with E-state index in [1.54, 1.807) is 22.2 Å². The highest BCUT2D eigenvalue weighted by molar-refractivity contribution is 7.18. The molecular formula is C13H16N6S. The van der Waals surface area contributed by atoms with Crippen LogP contribution in [0.3, 0.4) is 0 Å². The molecular weight excluding hydrogens is 272 g/mol. The molecule has 0 spiro atoms. The predicted molar refractivity (Wildman–Crippen MR) is 81.0 cm³/mol. The first kappa shape index (κ1) is 13.0. The maximum atomic E-state index is 6.00. The molecule has 0 aliphatic heterocycles. The summed E-state index contributed by atoms with van der Waals surface area (Å²) in [7, 11) is 1.81. The molecule has 6 nitrogen and oxygen atoms in total. The Morgan fingerprint density at radius 2 is 2.20 bits per heavy atom. The molecule has 0 bridgehead atoms. The van der Waals surface area contributed by atoms with Crippen LogP contribution in [-0.2, 0) is 13.5 Å². The molecule has 0 saturated carbocycles. The zero-order chi connectivity index (χ0) is 14.1. The Labute approximate surface area is 120 Å². The van der Waals surface area contributed by atoms with Gasteiger partial charge in [0.2, 0.25) is 0 Å². The Kier molecular flexibility index (Phi) is 3.39. The number of hydrogen-bond acceptors (Lipinski definition) is 6. The summed E-state index contributed by atoms with van der Waals surface area (Å²) < 4.78 is 2.82. The Balaban J connectivity index is 1.89. The number of hydrogen-bond donors (Lipinski definition) is 3. The number of aromatic nitrogens is 3. The molecule has 0 radical (unpaired) electrons. The summed E-state index contributed by atoms with van der Waals surface area (Å²) in [5.41, 5.74) is 10.7. The lowest BCUT2D eigenvalue weighted by Crippen LogP contribution is -2.30. The number of rotatable bonds is 4. The lowest BCUT2D eigenvalue weighted by molar-refractivity contribution is 0.552. The Morgan fingerprint density at radius 3 is 2.85 bits per heavy atom. The zero-order valence-electron chi connectivity index (χ0n) is 11.1. The Hall–Kier alpha value is -1.96. The van der Waals surface area contributed by atoms with Gasteiger partial charge in [-0.2, -0.15) is 5.10 Å². The molecule has 3 aromatic rings. The van der Waals surface area contributed by atoms with E-state index in [-0.39, 0.29) is 6.04 Å². The Morgan fingerprint density at radius 1 is 1.40 bits per heavy atom. The van der Waals surface area contributed by atoms with Crippen molar-refractivity contribution in [3.8, 4) is 0 Å². The molecule has 0 aliphatic carbocycles. The molecule has 5 N–H and O–H groups in total. The number of fused-ring (bicyclic) bond motifs is 1. The van der Waals surface area contributed by atoms with Crippen molar-refractivity contribution in [3.63, 3.8) is 0 Å². The van der Waals surface area contributed by atoms with Crippen LogP contribution in [0.4, 0.5) is 5.82 Å². The summed E-state index contributed by atoms with van der Waals surface area (Å²) in [6, 6.07) is 7.99. The van der Waals surface area contributed by atoms with Crippen molar-refractivity contribution < 1.29 is 0 Å². The quantitative estimate of drug-likeness (QED) is 0.498. The Bertz CT molecular complexity index is 698. The van der Waals surface area contributed by atoms with Crippen molar-refractivity contribution in [1.82, 2.24) is 20.2 Å². The van der Waals surface area contributed by atoms with Crippen molar-refractivity contribution in [1.29, 1.82) is 0 Å². The first-order valence-electron chi connectivity index (χ1n) is 6.27. The summed E-state index contributed by atoms with van der Waals surface area (Å²) >= 11 is 1.67. The summed E-state index contributed by atoms with van der Waals surface area (Å²) in [4.78, 5) is 4.62. The van der Waals surface area contributed by atoms with Crippen LogP contribution in [-0.4, -0.2) is 14.8 Å². The number of anilines is 1. The molecule has 0 amide bonds. The maximum absolute atomic E-state index is 6.00. The molecule has 2 heterocycles. The molecule has 3 rings (SSSR count). The first-order chi connectivity index (χ1) is 9.69. The van der Waals surface area contributed by atoms with Crippen LogP contribution in [0.25, 0.3) is 10.2 Å². The summed E-state index contributed by atoms with van der Waals surface area (Å²) in [5, 5.41) is 5.17. The van der Waals surface area contributed by atoms with Crippen molar-refractivity contribution in [2.45, 2.75) is 12.5 Å². The highest BCUT2D eigenvalue weighted by atomic mass is 32.1. The van der Waals surface area contributed by atoms with E-state index in [2.05, 4.69) is 21.6 Å². The van der Waals surface area contributed by atoms with Gasteiger partial charge in [0.05, 0.1) is 27.5 Å². The standard InChI is InChI=1S/C13H16N6S/c1-19-13(14)8(7-16-19)10(18-15)6-12-17-9-4-2-3-5-11(9)20-12/h2-5,7,10,18H,6,14-15H2,1H3. The van der Waals surface area contributed by atoms with Crippen molar-refractivity contribution in [2.24, 2.45) is 12.9 Å². The largest absolute Gasteiger partial charge is 0.384 e. The van der Waals surface area contributed by atoms with E-state index >= 15 is 0 Å². The number of thiazole rings is 1. The van der Waals surface area contributed by atoms with Crippen LogP contribution in [0.2, 0.25) is 0 Å². The minimum atomic E-state index is -0.0933. The van der Waals surface area contributed by atoms with Crippen molar-refractivity contribution >= 4 is 27.4 Å². The molecule has 7 heteroatoms. The summed E-state index contributed by atoms with van der Waals surface area (Å²) in [5.74, 6) is 6.28. The fraction of sp³-hybridized carbons (Fsp3) is 0.231. The van der Waals surface area contributed by atoms with Gasteiger partial charge in [0.15, 0.2) is 0 Å². The van der Waals surface area contributed by atoms with E-state index in [1.807, 2.05) is 25.2 Å². The molecule has 104 valence electrons. The lowest BCUT2D eigenvalue weighted by atomic mass is 10.1. The van der Waals surface area contributed by atoms with Gasteiger partial charge in [0.25, 0.3) is 0 Å². The molecule has 20 heavy (non-hydrogen) atoms. The van der Waals surface area contributed by atoms with Crippen LogP contribution >= 0.6 is 11.3 Å². The third-order valence-corrected chi connectivity index (χ3v) is 4.37. The van der Waals surface area contributed by atoms with Gasteiger partial charge in [0.1, 0.15) is 5.82 Å². The van der Waals surface area contributed by atoms with Crippen LogP contribution < -0.4 is 17.0 Å². The molecule has 1 atom stereocenters. The molecule has 0 fully saturated rings. The monoisotopic (exact) mass is 288 g/mol. The average molecular weight is 288 g/mol. The highest BCUT2D eigenvalue weighted by Gasteiger charge is 2.18. The topological polar surface area (TPSA) is 94.8 Å². The van der Waals surface area contributed by atoms with E-state index < -0.39 is 0 Å². The minimum Gasteiger partial charge on any atom is -0.384 e. The average Bonchev–Trinajstić information content (AvgIpc) is 3.01. The number of benzene rings is 1. The fourth-order valence-electron chi connectivity index (χ4n) is 2.17. The van der Waals surface area contributed by atoms with Crippen LogP contribution in [0, 0.1) is 0 Å². The van der Waals surface area contributed by atoms with Crippen LogP contribution in [0.15, 0.2) is 30.5 Å². The van der Waals surface area contributed by atoms with Gasteiger partial charge in [0, 0.05) is 19.0 Å². The molecule has 0 saturated heterocycles. The minimum absolute atomic E-state index is 0.0933. The molecule has 1 unspecified atom stereocenters. The smallest absolute Gasteiger partial charge is 0.126 e. The molecule has 1 aromatic carbocycles. The van der Waals surface area contributed by atoms with Gasteiger partial charge in [-0.3, -0.25) is 16.0 Å². The van der Waals surface area contributed by atoms with E-state index in [9.17, 15) is 0 Å². The van der Waals surface area contributed by atoms with E-state index in [4.69, 9.17) is 11.6 Å². The van der Waals surface area contributed by atoms with Gasteiger partial charge >= 0.3 is 0 Å². The zero-order valence-corrected chi connectivity index (χ0v) is 11.9. The van der Waals surface area contributed by atoms with Gasteiger partial charge < -0.3 is 5.73 Å². The SMILES string of the molecule is Cn1ncc(C(Cc2nc3ccccc3s2)NN)c1N. The number of para-hydroxylation sites is 1. The summed E-state index contributed by atoms with van der Waals surface area (Å²) in [6.45, 7) is 0. The maximum Gasteiger partial charge on any atom is 0.126 e. The van der Waals surface area contributed by atoms with Gasteiger partial charge in [-0.05, 0) is 12.1 Å². The number of nitrogens with two attached hydrogens (primary N) is 2. The van der Waals surface area contributed by atoms with E-state index in [1.165, 1.54) is 4.70 Å². The number of nitrogens with zero attached hydrogens (tertiary/aromatic N) is 3. The van der Waals surface area contributed by atoms with Gasteiger partial charge in [-0.1, -0.05) is 12.1 Å². The van der Waals surface area contributed by atoms with Gasteiger partial charge in [-0.25, -0.2) is 4.98 Å². The number of nitrogens with one attached hydrogen (secondary N) is 1. The van der Waals surface area contributed by atoms with Crippen molar-refractivity contribution in [3.05, 3.63) is 41.0 Å². The first-order valence-corrected chi connectivity index (χ1v) is 7.08. The fourth-order valence-corrected chi connectivity index (χ4v) is 3.19. The van der Waals surface area contributed by atoms with Crippen LogP contribution in [0.5, 0.6) is 0 Å². The van der Waals surface area contributed by atoms with E-state index in [0.717, 1.165) is 16.1 Å². The normalized spacial score (nSPS) is 12.9. The molecule has 0 aliphatic rings. The lowest BCUT2D eigenvalue weighted by Gasteiger charge is -2.13. The third-order valence-electron chi connectivity index (χ3n) is 3.31. The summed E-state index contributed by atoms with van der Waals surface area (Å²) in [6.07, 6.45) is 2.43. The van der Waals surface area contributed by atoms with Crippen LogP contribution in [0.1, 0.15) is 16.6 Å². The second-order valence-corrected chi connectivity index (χ2v) is 5.72. The third kappa shape index (κ3) is 2.26.